The third-order valence-electron chi connectivity index (χ3n) is 6.63. The molecule has 0 bridgehead atoms. The van der Waals surface area contributed by atoms with Crippen LogP contribution in [0.3, 0.4) is 0 Å². The molecular weight excluding hydrogens is 450 g/mol. The number of hydrogen-bond acceptors (Lipinski definition) is 4. The molecule has 1 fully saturated rings. The summed E-state index contributed by atoms with van der Waals surface area (Å²) >= 11 is 0. The van der Waals surface area contributed by atoms with Crippen molar-refractivity contribution in [3.63, 3.8) is 0 Å². The minimum atomic E-state index is -0.232. The van der Waals surface area contributed by atoms with E-state index >= 15 is 0 Å². The Balaban J connectivity index is 1.53. The van der Waals surface area contributed by atoms with E-state index in [1.807, 2.05) is 66.7 Å². The number of amides is 3. The number of carbonyl (C=O) groups excluding carboxylic acids is 2. The first-order valence-electron chi connectivity index (χ1n) is 12.6. The molecular formula is C29H35N5O2. The van der Waals surface area contributed by atoms with Crippen LogP contribution >= 0.6 is 0 Å². The number of carbonyl (C=O) groups is 2. The Bertz CT molecular complexity index is 1050. The number of nitrogens with one attached hydrogen (secondary N) is 3. The van der Waals surface area contributed by atoms with Crippen molar-refractivity contribution < 1.29 is 9.59 Å². The Kier molecular flexibility index (Phi) is 9.08. The summed E-state index contributed by atoms with van der Waals surface area (Å²) in [6.45, 7) is 2.14. The van der Waals surface area contributed by atoms with Crippen molar-refractivity contribution in [1.82, 2.24) is 20.9 Å². The molecule has 5 N–H and O–H groups in total. The number of benzene rings is 3. The van der Waals surface area contributed by atoms with Gasteiger partial charge in [0.05, 0.1) is 12.2 Å². The standard InChI is InChI=1S/C29H35N5O2/c30-17-18-31-29(36)33-26-20-22(21-32-28(35)25-14-8-3-9-15-25)16-19-34(26)27(23-10-4-1-5-11-23)24-12-6-2-7-13-24/h1-15,22,26-27H,16-21,30H2,(H,32,35)(H2,31,33,36). The minimum absolute atomic E-state index is 0.00734. The number of rotatable bonds is 9. The maximum Gasteiger partial charge on any atom is 0.316 e. The first kappa shape index (κ1) is 25.4. The van der Waals surface area contributed by atoms with Gasteiger partial charge in [0.25, 0.3) is 5.91 Å². The second-order valence-corrected chi connectivity index (χ2v) is 9.13. The van der Waals surface area contributed by atoms with Crippen molar-refractivity contribution in [2.24, 2.45) is 11.7 Å². The lowest BCUT2D eigenvalue weighted by molar-refractivity contribution is 0.0646. The molecule has 0 aliphatic carbocycles. The molecule has 0 saturated carbocycles. The minimum Gasteiger partial charge on any atom is -0.352 e. The highest BCUT2D eigenvalue weighted by atomic mass is 16.2. The van der Waals surface area contributed by atoms with Gasteiger partial charge in [0.2, 0.25) is 0 Å². The van der Waals surface area contributed by atoms with Crippen LogP contribution in [0.1, 0.15) is 40.4 Å². The molecule has 1 saturated heterocycles. The fourth-order valence-electron chi connectivity index (χ4n) is 4.86. The normalized spacial score (nSPS) is 17.9. The van der Waals surface area contributed by atoms with Crippen molar-refractivity contribution in [2.75, 3.05) is 26.2 Å². The van der Waals surface area contributed by atoms with Gasteiger partial charge in [0.15, 0.2) is 0 Å². The van der Waals surface area contributed by atoms with Crippen LogP contribution in [0, 0.1) is 5.92 Å². The van der Waals surface area contributed by atoms with E-state index in [0.717, 1.165) is 19.4 Å². The Morgan fingerprint density at radius 2 is 1.44 bits per heavy atom. The first-order chi connectivity index (χ1) is 17.7. The van der Waals surface area contributed by atoms with E-state index in [-0.39, 0.29) is 30.1 Å². The van der Waals surface area contributed by atoms with Crippen LogP contribution in [-0.2, 0) is 0 Å². The van der Waals surface area contributed by atoms with E-state index in [9.17, 15) is 9.59 Å². The predicted molar refractivity (Wildman–Crippen MR) is 142 cm³/mol. The van der Waals surface area contributed by atoms with Gasteiger partial charge in [0.1, 0.15) is 0 Å². The molecule has 36 heavy (non-hydrogen) atoms. The average Bonchev–Trinajstić information content (AvgIpc) is 2.93. The van der Waals surface area contributed by atoms with E-state index in [4.69, 9.17) is 5.73 Å². The molecule has 3 amide bonds. The van der Waals surface area contributed by atoms with Crippen LogP contribution in [0.15, 0.2) is 91.0 Å². The van der Waals surface area contributed by atoms with Gasteiger partial charge in [-0.3, -0.25) is 9.69 Å². The molecule has 188 valence electrons. The van der Waals surface area contributed by atoms with Crippen LogP contribution in [-0.4, -0.2) is 49.2 Å². The summed E-state index contributed by atoms with van der Waals surface area (Å²) in [6, 6.07) is 29.8. The lowest BCUT2D eigenvalue weighted by Crippen LogP contribution is -2.57. The Hall–Kier alpha value is -3.68. The highest BCUT2D eigenvalue weighted by molar-refractivity contribution is 5.94. The smallest absolute Gasteiger partial charge is 0.316 e. The van der Waals surface area contributed by atoms with E-state index in [1.165, 1.54) is 11.1 Å². The van der Waals surface area contributed by atoms with Gasteiger partial charge in [-0.2, -0.15) is 0 Å². The molecule has 2 atom stereocenters. The highest BCUT2D eigenvalue weighted by Gasteiger charge is 2.35. The maximum absolute atomic E-state index is 12.7. The maximum atomic E-state index is 12.7. The average molecular weight is 486 g/mol. The second-order valence-electron chi connectivity index (χ2n) is 9.13. The Labute approximate surface area is 213 Å². The van der Waals surface area contributed by atoms with Gasteiger partial charge >= 0.3 is 6.03 Å². The zero-order valence-electron chi connectivity index (χ0n) is 20.5. The summed E-state index contributed by atoms with van der Waals surface area (Å²) in [5.74, 6) is 0.163. The molecule has 0 radical (unpaired) electrons. The number of likely N-dealkylation sites (tertiary alicyclic amines) is 1. The van der Waals surface area contributed by atoms with Crippen LogP contribution in [0.2, 0.25) is 0 Å². The summed E-state index contributed by atoms with van der Waals surface area (Å²) in [5.41, 5.74) is 8.58. The quantitative estimate of drug-likeness (QED) is 0.373. The topological polar surface area (TPSA) is 99.5 Å². The van der Waals surface area contributed by atoms with E-state index < -0.39 is 0 Å². The molecule has 3 aromatic carbocycles. The Morgan fingerprint density at radius 3 is 2.03 bits per heavy atom. The third-order valence-corrected chi connectivity index (χ3v) is 6.63. The number of piperidine rings is 1. The molecule has 4 rings (SSSR count). The lowest BCUT2D eigenvalue weighted by Gasteiger charge is -2.44. The molecule has 0 spiro atoms. The zero-order valence-corrected chi connectivity index (χ0v) is 20.5. The van der Waals surface area contributed by atoms with Crippen molar-refractivity contribution in [3.8, 4) is 0 Å². The van der Waals surface area contributed by atoms with Gasteiger partial charge in [-0.05, 0) is 42.0 Å². The third kappa shape index (κ3) is 6.71. The molecule has 1 aliphatic heterocycles. The van der Waals surface area contributed by atoms with Gasteiger partial charge in [-0.1, -0.05) is 78.9 Å². The van der Waals surface area contributed by atoms with Gasteiger partial charge in [0, 0.05) is 31.7 Å². The summed E-state index contributed by atoms with van der Waals surface area (Å²) in [5, 5.41) is 9.10. The van der Waals surface area contributed by atoms with Gasteiger partial charge < -0.3 is 21.7 Å². The lowest BCUT2D eigenvalue weighted by atomic mass is 9.89. The highest BCUT2D eigenvalue weighted by Crippen LogP contribution is 2.34. The van der Waals surface area contributed by atoms with Gasteiger partial charge in [-0.25, -0.2) is 4.79 Å². The number of hydrogen-bond donors (Lipinski definition) is 4. The monoisotopic (exact) mass is 485 g/mol. The van der Waals surface area contributed by atoms with E-state index in [1.54, 1.807) is 0 Å². The molecule has 2 unspecified atom stereocenters. The molecule has 3 aromatic rings. The second kappa shape index (κ2) is 12.9. The van der Waals surface area contributed by atoms with Crippen LogP contribution in [0.5, 0.6) is 0 Å². The predicted octanol–water partition coefficient (Wildman–Crippen LogP) is 3.50. The number of nitrogens with two attached hydrogens (primary N) is 1. The largest absolute Gasteiger partial charge is 0.352 e. The van der Waals surface area contributed by atoms with Crippen LogP contribution in [0.25, 0.3) is 0 Å². The zero-order chi connectivity index (χ0) is 25.2. The summed E-state index contributed by atoms with van der Waals surface area (Å²) in [4.78, 5) is 27.7. The van der Waals surface area contributed by atoms with Crippen molar-refractivity contribution in [2.45, 2.75) is 25.0 Å². The summed E-state index contributed by atoms with van der Waals surface area (Å²) < 4.78 is 0. The van der Waals surface area contributed by atoms with Crippen molar-refractivity contribution in [3.05, 3.63) is 108 Å². The number of nitrogens with zero attached hydrogens (tertiary/aromatic N) is 1. The van der Waals surface area contributed by atoms with E-state index in [0.29, 0.717) is 25.2 Å². The Morgan fingerprint density at radius 1 is 0.861 bits per heavy atom. The molecule has 1 heterocycles. The van der Waals surface area contributed by atoms with Crippen LogP contribution < -0.4 is 21.7 Å². The summed E-state index contributed by atoms with van der Waals surface area (Å²) in [7, 11) is 0. The fourth-order valence-corrected chi connectivity index (χ4v) is 4.86. The van der Waals surface area contributed by atoms with E-state index in [2.05, 4.69) is 45.1 Å². The molecule has 1 aliphatic rings. The van der Waals surface area contributed by atoms with Gasteiger partial charge in [-0.15, -0.1) is 0 Å². The van der Waals surface area contributed by atoms with Crippen molar-refractivity contribution in [1.29, 1.82) is 0 Å². The molecule has 7 nitrogen and oxygen atoms in total. The molecule has 7 heteroatoms. The van der Waals surface area contributed by atoms with Crippen molar-refractivity contribution >= 4 is 11.9 Å². The SMILES string of the molecule is NCCNC(=O)NC1CC(CNC(=O)c2ccccc2)CCN1C(c1ccccc1)c1ccccc1. The first-order valence-corrected chi connectivity index (χ1v) is 12.6. The molecule has 0 aromatic heterocycles. The number of urea groups is 1. The summed E-state index contributed by atoms with van der Waals surface area (Å²) in [6.07, 6.45) is 1.43. The fraction of sp³-hybridized carbons (Fsp3) is 0.310. The van der Waals surface area contributed by atoms with Crippen LogP contribution in [0.4, 0.5) is 4.79 Å².